The maximum atomic E-state index is 9.12. The van der Waals surface area contributed by atoms with E-state index in [2.05, 4.69) is 22.1 Å². The monoisotopic (exact) mass is 240 g/mol. The number of hydrogen-bond acceptors (Lipinski definition) is 2. The molecule has 1 aromatic heterocycles. The van der Waals surface area contributed by atoms with Crippen molar-refractivity contribution >= 4 is 17.2 Å². The van der Waals surface area contributed by atoms with Crippen LogP contribution in [0.15, 0.2) is 35.5 Å². The van der Waals surface area contributed by atoms with E-state index in [4.69, 9.17) is 5.26 Å². The first-order valence-electron chi connectivity index (χ1n) is 5.85. The molecule has 0 bridgehead atoms. The molecule has 0 fully saturated rings. The van der Waals surface area contributed by atoms with Crippen LogP contribution in [-0.4, -0.2) is 36.4 Å². The van der Waals surface area contributed by atoms with Gasteiger partial charge in [-0.15, -0.1) is 0 Å². The Morgan fingerprint density at radius 2 is 2.22 bits per heavy atom. The zero-order chi connectivity index (χ0) is 13.0. The van der Waals surface area contributed by atoms with Crippen LogP contribution in [0, 0.1) is 11.3 Å². The Bertz CT molecular complexity index is 589. The van der Waals surface area contributed by atoms with E-state index in [0.29, 0.717) is 6.42 Å². The van der Waals surface area contributed by atoms with E-state index in [-0.39, 0.29) is 6.04 Å². The Hall–Kier alpha value is -2.28. The summed E-state index contributed by atoms with van der Waals surface area (Å²) in [7, 11) is 3.78. The predicted octanol–water partition coefficient (Wildman–Crippen LogP) is 2.19. The van der Waals surface area contributed by atoms with Crippen molar-refractivity contribution in [1.29, 1.82) is 5.26 Å². The lowest BCUT2D eigenvalue weighted by atomic mass is 10.1. The lowest BCUT2D eigenvalue weighted by Gasteiger charge is -2.06. The molecule has 0 radical (unpaired) electrons. The van der Waals surface area contributed by atoms with Gasteiger partial charge in [0, 0.05) is 37.6 Å². The zero-order valence-corrected chi connectivity index (χ0v) is 10.6. The van der Waals surface area contributed by atoms with E-state index >= 15 is 0 Å². The number of nitrogens with one attached hydrogen (secondary N) is 1. The summed E-state index contributed by atoms with van der Waals surface area (Å²) in [5.74, 6) is 0. The molecule has 0 aliphatic rings. The summed E-state index contributed by atoms with van der Waals surface area (Å²) in [5, 5.41) is 10.3. The van der Waals surface area contributed by atoms with E-state index in [1.165, 1.54) is 0 Å². The summed E-state index contributed by atoms with van der Waals surface area (Å²) >= 11 is 0. The molecule has 1 aromatic carbocycles. The molecule has 1 atom stereocenters. The van der Waals surface area contributed by atoms with Crippen molar-refractivity contribution in [1.82, 2.24) is 9.88 Å². The lowest BCUT2D eigenvalue weighted by molar-refractivity contribution is 0.633. The minimum Gasteiger partial charge on any atom is -0.369 e. The molecule has 0 unspecified atom stereocenters. The molecule has 0 saturated heterocycles. The normalized spacial score (nSPS) is 12.7. The maximum Gasteiger partial charge on any atom is 0.142 e. The van der Waals surface area contributed by atoms with Crippen molar-refractivity contribution in [3.05, 3.63) is 36.0 Å². The molecule has 0 aliphatic heterocycles. The summed E-state index contributed by atoms with van der Waals surface area (Å²) < 4.78 is 0. The SMILES string of the molecule is CN(C)C=N[C@@H](C#N)Cc1c[nH]c2ccccc12. The molecule has 4 nitrogen and oxygen atoms in total. The molecule has 2 rings (SSSR count). The molecule has 4 heteroatoms. The number of aromatic nitrogens is 1. The fourth-order valence-electron chi connectivity index (χ4n) is 1.85. The second kappa shape index (κ2) is 5.37. The summed E-state index contributed by atoms with van der Waals surface area (Å²) in [4.78, 5) is 9.29. The number of rotatable bonds is 4. The van der Waals surface area contributed by atoms with Crippen molar-refractivity contribution in [3.63, 3.8) is 0 Å². The van der Waals surface area contributed by atoms with Gasteiger partial charge >= 0.3 is 0 Å². The van der Waals surface area contributed by atoms with Crippen LogP contribution in [0.3, 0.4) is 0 Å². The standard InChI is InChI=1S/C14H16N4/c1-18(2)10-17-12(8-15)7-11-9-16-14-6-4-3-5-13(11)14/h3-6,9-10,12,16H,7H2,1-2H3/t12-/m1/s1. The number of aromatic amines is 1. The van der Waals surface area contributed by atoms with Gasteiger partial charge in [0.05, 0.1) is 12.4 Å². The molecule has 1 N–H and O–H groups in total. The first-order chi connectivity index (χ1) is 8.70. The molecule has 18 heavy (non-hydrogen) atoms. The molecule has 0 aliphatic carbocycles. The highest BCUT2D eigenvalue weighted by Gasteiger charge is 2.09. The van der Waals surface area contributed by atoms with Gasteiger partial charge in [0.2, 0.25) is 0 Å². The average molecular weight is 240 g/mol. The highest BCUT2D eigenvalue weighted by atomic mass is 15.1. The Balaban J connectivity index is 2.20. The van der Waals surface area contributed by atoms with E-state index in [1.54, 1.807) is 6.34 Å². The Labute approximate surface area is 107 Å². The minimum atomic E-state index is -0.341. The van der Waals surface area contributed by atoms with Crippen molar-refractivity contribution in [2.75, 3.05) is 14.1 Å². The molecular weight excluding hydrogens is 224 g/mol. The van der Waals surface area contributed by atoms with E-state index in [1.807, 2.05) is 43.4 Å². The topological polar surface area (TPSA) is 55.2 Å². The first kappa shape index (κ1) is 12.2. The quantitative estimate of drug-likeness (QED) is 0.658. The summed E-state index contributed by atoms with van der Waals surface area (Å²) in [6.45, 7) is 0. The number of H-pyrrole nitrogens is 1. The van der Waals surface area contributed by atoms with Gasteiger partial charge in [0.1, 0.15) is 6.04 Å². The zero-order valence-electron chi connectivity index (χ0n) is 10.6. The van der Waals surface area contributed by atoms with Crippen LogP contribution in [0.2, 0.25) is 0 Å². The van der Waals surface area contributed by atoms with Gasteiger partial charge in [-0.2, -0.15) is 5.26 Å². The van der Waals surface area contributed by atoms with Gasteiger partial charge in [0.15, 0.2) is 0 Å². The fourth-order valence-corrected chi connectivity index (χ4v) is 1.85. The van der Waals surface area contributed by atoms with Crippen LogP contribution in [0.5, 0.6) is 0 Å². The fraction of sp³-hybridized carbons (Fsp3) is 0.286. The largest absolute Gasteiger partial charge is 0.369 e. The van der Waals surface area contributed by atoms with Crippen LogP contribution >= 0.6 is 0 Å². The number of nitriles is 1. The van der Waals surface area contributed by atoms with E-state index in [9.17, 15) is 0 Å². The molecule has 92 valence electrons. The Morgan fingerprint density at radius 3 is 2.94 bits per heavy atom. The van der Waals surface area contributed by atoms with E-state index < -0.39 is 0 Å². The highest BCUT2D eigenvalue weighted by Crippen LogP contribution is 2.19. The molecule has 0 spiro atoms. The van der Waals surface area contributed by atoms with Crippen LogP contribution in [-0.2, 0) is 6.42 Å². The Morgan fingerprint density at radius 1 is 1.44 bits per heavy atom. The number of aliphatic imine (C=N–C) groups is 1. The van der Waals surface area contributed by atoms with Gasteiger partial charge in [0.25, 0.3) is 0 Å². The lowest BCUT2D eigenvalue weighted by Crippen LogP contribution is -2.13. The smallest absolute Gasteiger partial charge is 0.142 e. The van der Waals surface area contributed by atoms with Crippen molar-refractivity contribution < 1.29 is 0 Å². The Kier molecular flexibility index (Phi) is 3.63. The molecule has 0 saturated carbocycles. The second-order valence-electron chi connectivity index (χ2n) is 4.44. The van der Waals surface area contributed by atoms with Crippen molar-refractivity contribution in [3.8, 4) is 6.07 Å². The van der Waals surface area contributed by atoms with Gasteiger partial charge in [-0.1, -0.05) is 18.2 Å². The molecular formula is C14H16N4. The van der Waals surface area contributed by atoms with Gasteiger partial charge in [-0.3, -0.25) is 4.99 Å². The second-order valence-corrected chi connectivity index (χ2v) is 4.44. The van der Waals surface area contributed by atoms with E-state index in [0.717, 1.165) is 16.5 Å². The summed E-state index contributed by atoms with van der Waals surface area (Å²) in [5.41, 5.74) is 2.23. The van der Waals surface area contributed by atoms with Crippen molar-refractivity contribution in [2.24, 2.45) is 4.99 Å². The molecule has 1 heterocycles. The van der Waals surface area contributed by atoms with Crippen LogP contribution < -0.4 is 0 Å². The number of hydrogen-bond donors (Lipinski definition) is 1. The number of nitrogens with zero attached hydrogens (tertiary/aromatic N) is 3. The summed E-state index contributed by atoms with van der Waals surface area (Å²) in [6.07, 6.45) is 4.27. The van der Waals surface area contributed by atoms with Gasteiger partial charge in [-0.25, -0.2) is 0 Å². The van der Waals surface area contributed by atoms with Crippen molar-refractivity contribution in [2.45, 2.75) is 12.5 Å². The third-order valence-corrected chi connectivity index (χ3v) is 2.71. The number of fused-ring (bicyclic) bond motifs is 1. The summed E-state index contributed by atoms with van der Waals surface area (Å²) in [6, 6.07) is 9.97. The van der Waals surface area contributed by atoms with Crippen LogP contribution in [0.25, 0.3) is 10.9 Å². The number of benzene rings is 1. The predicted molar refractivity (Wildman–Crippen MR) is 73.6 cm³/mol. The van der Waals surface area contributed by atoms with Gasteiger partial charge < -0.3 is 9.88 Å². The van der Waals surface area contributed by atoms with Crippen LogP contribution in [0.4, 0.5) is 0 Å². The third-order valence-electron chi connectivity index (χ3n) is 2.71. The maximum absolute atomic E-state index is 9.12. The molecule has 2 aromatic rings. The highest BCUT2D eigenvalue weighted by molar-refractivity contribution is 5.83. The molecule has 0 amide bonds. The van der Waals surface area contributed by atoms with Gasteiger partial charge in [-0.05, 0) is 11.6 Å². The average Bonchev–Trinajstić information content (AvgIpc) is 2.77. The first-order valence-corrected chi connectivity index (χ1v) is 5.85. The third kappa shape index (κ3) is 2.69. The minimum absolute atomic E-state index is 0.341. The number of para-hydroxylation sites is 1. The van der Waals surface area contributed by atoms with Crippen LogP contribution in [0.1, 0.15) is 5.56 Å².